The van der Waals surface area contributed by atoms with Crippen LogP contribution in [0.1, 0.15) is 0 Å². The van der Waals surface area contributed by atoms with Crippen molar-refractivity contribution in [2.45, 2.75) is 4.90 Å². The molecule has 0 saturated heterocycles. The third-order valence-corrected chi connectivity index (χ3v) is 4.46. The van der Waals surface area contributed by atoms with Gasteiger partial charge < -0.3 is 19.5 Å². The van der Waals surface area contributed by atoms with E-state index in [1.165, 1.54) is 6.07 Å². The lowest BCUT2D eigenvalue weighted by molar-refractivity contribution is -0.387. The molecule has 1 heterocycles. The number of hydrogen-bond acceptors (Lipinski definition) is 8. The summed E-state index contributed by atoms with van der Waals surface area (Å²) in [4.78, 5) is 34.4. The first-order valence-corrected chi connectivity index (χ1v) is 8.73. The molecule has 0 unspecified atom stereocenters. The highest BCUT2D eigenvalue weighted by Gasteiger charge is 2.16. The number of nitrogens with zero attached hydrogens (tertiary/aromatic N) is 1. The van der Waals surface area contributed by atoms with Crippen molar-refractivity contribution in [2.24, 2.45) is 0 Å². The summed E-state index contributed by atoms with van der Waals surface area (Å²) < 4.78 is 15.3. The molecule has 140 valence electrons. The molecule has 0 atom stereocenters. The highest BCUT2D eigenvalue weighted by Crippen LogP contribution is 2.34. The first-order chi connectivity index (χ1) is 13.0. The zero-order chi connectivity index (χ0) is 19.2. The lowest BCUT2D eigenvalue weighted by atomic mass is 10.3. The Hall–Kier alpha value is -3.27. The second-order valence-corrected chi connectivity index (χ2v) is 6.31. The van der Waals surface area contributed by atoms with Crippen molar-refractivity contribution in [2.75, 3.05) is 24.5 Å². The lowest BCUT2D eigenvalue weighted by Gasteiger charge is -2.07. The molecule has 2 aromatic carbocycles. The largest absolute Gasteiger partial charge is 0.455 e. The maximum atomic E-state index is 11.9. The lowest BCUT2D eigenvalue weighted by Crippen LogP contribution is -2.21. The van der Waals surface area contributed by atoms with Crippen LogP contribution in [0.5, 0.6) is 11.5 Å². The fraction of sp³-hybridized carbons (Fsp3) is 0.176. The van der Waals surface area contributed by atoms with E-state index in [9.17, 15) is 19.7 Å². The highest BCUT2D eigenvalue weighted by atomic mass is 32.2. The predicted octanol–water partition coefficient (Wildman–Crippen LogP) is 2.60. The number of carbonyl (C=O) groups is 2. The van der Waals surface area contributed by atoms with Crippen LogP contribution < -0.4 is 14.8 Å². The topological polar surface area (TPSA) is 117 Å². The average Bonchev–Trinajstić information content (AvgIpc) is 3.12. The summed E-state index contributed by atoms with van der Waals surface area (Å²) in [6.07, 6.45) is 0. The molecule has 9 nitrogen and oxygen atoms in total. The van der Waals surface area contributed by atoms with Gasteiger partial charge in [0.25, 0.3) is 11.6 Å². The summed E-state index contributed by atoms with van der Waals surface area (Å²) in [5.41, 5.74) is 0.394. The Bertz CT molecular complexity index is 887. The van der Waals surface area contributed by atoms with E-state index >= 15 is 0 Å². The molecule has 3 rings (SSSR count). The number of hydrogen-bond donors (Lipinski definition) is 1. The van der Waals surface area contributed by atoms with Crippen LogP contribution in [0.2, 0.25) is 0 Å². The van der Waals surface area contributed by atoms with Gasteiger partial charge in [0.15, 0.2) is 18.1 Å². The molecular formula is C17H14N2O7S. The fourth-order valence-corrected chi connectivity index (χ4v) is 3.05. The fourth-order valence-electron chi connectivity index (χ4n) is 2.23. The number of nitro groups is 1. The number of para-hydroxylation sites is 1. The number of thioether (sulfide) groups is 1. The minimum absolute atomic E-state index is 0.0872. The number of nitrogens with one attached hydrogen (secondary N) is 1. The van der Waals surface area contributed by atoms with Crippen molar-refractivity contribution >= 4 is 35.0 Å². The van der Waals surface area contributed by atoms with E-state index in [1.54, 1.807) is 36.4 Å². The van der Waals surface area contributed by atoms with Crippen molar-refractivity contribution in [3.63, 3.8) is 0 Å². The number of anilines is 1. The Kier molecular flexibility index (Phi) is 5.77. The number of rotatable bonds is 7. The van der Waals surface area contributed by atoms with Gasteiger partial charge in [0.2, 0.25) is 6.79 Å². The molecule has 0 fully saturated rings. The minimum atomic E-state index is -0.654. The van der Waals surface area contributed by atoms with Crippen molar-refractivity contribution in [1.29, 1.82) is 0 Å². The SMILES string of the molecule is O=C(COC(=O)CSc1ccccc1[N+](=O)[O-])Nc1ccc2c(c1)OCO2. The zero-order valence-corrected chi connectivity index (χ0v) is 14.7. The zero-order valence-electron chi connectivity index (χ0n) is 13.9. The molecule has 0 saturated carbocycles. The molecule has 1 aliphatic heterocycles. The van der Waals surface area contributed by atoms with E-state index in [-0.39, 0.29) is 18.2 Å². The molecule has 0 bridgehead atoms. The quantitative estimate of drug-likeness (QED) is 0.332. The van der Waals surface area contributed by atoms with Gasteiger partial charge >= 0.3 is 5.97 Å². The smallest absolute Gasteiger partial charge is 0.316 e. The van der Waals surface area contributed by atoms with Crippen LogP contribution in [-0.2, 0) is 14.3 Å². The molecule has 0 aromatic heterocycles. The predicted molar refractivity (Wildman–Crippen MR) is 96.0 cm³/mol. The average molecular weight is 390 g/mol. The summed E-state index contributed by atoms with van der Waals surface area (Å²) in [6.45, 7) is -0.341. The summed E-state index contributed by atoms with van der Waals surface area (Å²) in [5.74, 6) is -0.212. The number of benzene rings is 2. The van der Waals surface area contributed by atoms with Crippen molar-refractivity contribution in [3.8, 4) is 11.5 Å². The second-order valence-electron chi connectivity index (χ2n) is 5.29. The van der Waals surface area contributed by atoms with Gasteiger partial charge in [-0.25, -0.2) is 0 Å². The molecule has 0 aliphatic carbocycles. The van der Waals surface area contributed by atoms with E-state index in [2.05, 4.69) is 5.32 Å². The van der Waals surface area contributed by atoms with Gasteiger partial charge in [-0.2, -0.15) is 0 Å². The van der Waals surface area contributed by atoms with Crippen LogP contribution in [-0.4, -0.2) is 36.0 Å². The first kappa shape index (κ1) is 18.5. The van der Waals surface area contributed by atoms with Gasteiger partial charge in [0, 0.05) is 17.8 Å². The van der Waals surface area contributed by atoms with E-state index in [1.807, 2.05) is 0 Å². The Morgan fingerprint density at radius 1 is 1.19 bits per heavy atom. The number of nitro benzene ring substituents is 1. The Morgan fingerprint density at radius 3 is 2.78 bits per heavy atom. The molecule has 0 radical (unpaired) electrons. The standard InChI is InChI=1S/C17H14N2O7S/c20-16(18-11-5-6-13-14(7-11)26-10-25-13)8-24-17(21)9-27-15-4-2-1-3-12(15)19(22)23/h1-7H,8-10H2,(H,18,20). The Labute approximate surface area is 157 Å². The van der Waals surface area contributed by atoms with Crippen LogP contribution in [0.4, 0.5) is 11.4 Å². The summed E-state index contributed by atoms with van der Waals surface area (Å²) in [5, 5.41) is 13.5. The third kappa shape index (κ3) is 4.88. The Morgan fingerprint density at radius 2 is 1.96 bits per heavy atom. The van der Waals surface area contributed by atoms with Crippen molar-refractivity contribution < 1.29 is 28.7 Å². The molecule has 1 amide bonds. The van der Waals surface area contributed by atoms with Gasteiger partial charge in [-0.05, 0) is 18.2 Å². The number of ether oxygens (including phenoxy) is 3. The second kappa shape index (κ2) is 8.41. The first-order valence-electron chi connectivity index (χ1n) is 7.74. The maximum Gasteiger partial charge on any atom is 0.316 e. The Balaban J connectivity index is 1.45. The number of carbonyl (C=O) groups excluding carboxylic acids is 2. The van der Waals surface area contributed by atoms with Crippen LogP contribution in [0.25, 0.3) is 0 Å². The molecule has 1 N–H and O–H groups in total. The van der Waals surface area contributed by atoms with Gasteiger partial charge in [0.1, 0.15) is 0 Å². The maximum absolute atomic E-state index is 11.9. The molecule has 2 aromatic rings. The van der Waals surface area contributed by atoms with Crippen LogP contribution in [0.3, 0.4) is 0 Å². The highest BCUT2D eigenvalue weighted by molar-refractivity contribution is 8.00. The van der Waals surface area contributed by atoms with E-state index < -0.39 is 23.4 Å². The molecular weight excluding hydrogens is 376 g/mol. The summed E-state index contributed by atoms with van der Waals surface area (Å²) in [6, 6.07) is 11.0. The van der Waals surface area contributed by atoms with Crippen LogP contribution >= 0.6 is 11.8 Å². The van der Waals surface area contributed by atoms with E-state index in [0.29, 0.717) is 22.1 Å². The number of esters is 1. The van der Waals surface area contributed by atoms with Gasteiger partial charge in [-0.3, -0.25) is 19.7 Å². The summed E-state index contributed by atoms with van der Waals surface area (Å²) in [7, 11) is 0. The third-order valence-electron chi connectivity index (χ3n) is 3.43. The van der Waals surface area contributed by atoms with Gasteiger partial charge in [-0.1, -0.05) is 12.1 Å². The van der Waals surface area contributed by atoms with Crippen molar-refractivity contribution in [1.82, 2.24) is 0 Å². The minimum Gasteiger partial charge on any atom is -0.455 e. The molecule has 0 spiro atoms. The monoisotopic (exact) mass is 390 g/mol. The molecule has 10 heteroatoms. The van der Waals surface area contributed by atoms with Crippen LogP contribution in [0.15, 0.2) is 47.4 Å². The number of amides is 1. The van der Waals surface area contributed by atoms with Crippen molar-refractivity contribution in [3.05, 3.63) is 52.6 Å². The van der Waals surface area contributed by atoms with E-state index in [4.69, 9.17) is 14.2 Å². The van der Waals surface area contributed by atoms with Gasteiger partial charge in [-0.15, -0.1) is 11.8 Å². The van der Waals surface area contributed by atoms with E-state index in [0.717, 1.165) is 11.8 Å². The normalized spacial score (nSPS) is 11.7. The summed E-state index contributed by atoms with van der Waals surface area (Å²) >= 11 is 0.974. The van der Waals surface area contributed by atoms with Gasteiger partial charge in [0.05, 0.1) is 15.6 Å². The molecule has 27 heavy (non-hydrogen) atoms. The number of fused-ring (bicyclic) bond motifs is 1. The molecule has 1 aliphatic rings. The van der Waals surface area contributed by atoms with Crippen LogP contribution in [0, 0.1) is 10.1 Å².